The van der Waals surface area contributed by atoms with Gasteiger partial charge in [0.05, 0.1) is 11.1 Å². The van der Waals surface area contributed by atoms with E-state index in [1.807, 2.05) is 18.2 Å². The molecule has 0 bridgehead atoms. The molecular formula is C11H10N2O2S. The number of nitrogens with zero attached hydrogens (tertiary/aromatic N) is 2. The van der Waals surface area contributed by atoms with Crippen LogP contribution < -0.4 is 0 Å². The van der Waals surface area contributed by atoms with E-state index < -0.39 is 5.97 Å². The fourth-order valence-corrected chi connectivity index (χ4v) is 2.71. The van der Waals surface area contributed by atoms with E-state index in [0.717, 1.165) is 28.6 Å². The van der Waals surface area contributed by atoms with Crippen LogP contribution >= 0.6 is 11.5 Å². The molecule has 16 heavy (non-hydrogen) atoms. The van der Waals surface area contributed by atoms with E-state index in [4.69, 9.17) is 5.11 Å². The summed E-state index contributed by atoms with van der Waals surface area (Å²) in [7, 11) is 0. The van der Waals surface area contributed by atoms with Crippen molar-refractivity contribution in [1.82, 2.24) is 9.59 Å². The second kappa shape index (κ2) is 3.25. The Labute approximate surface area is 96.1 Å². The van der Waals surface area contributed by atoms with Gasteiger partial charge < -0.3 is 5.11 Å². The van der Waals surface area contributed by atoms with Gasteiger partial charge in [-0.05, 0) is 42.1 Å². The van der Waals surface area contributed by atoms with Crippen molar-refractivity contribution in [3.05, 3.63) is 23.8 Å². The highest BCUT2D eigenvalue weighted by Crippen LogP contribution is 2.51. The Hall–Kier alpha value is -1.49. The molecule has 1 saturated carbocycles. The lowest BCUT2D eigenvalue weighted by atomic mass is 9.92. The average molecular weight is 234 g/mol. The van der Waals surface area contributed by atoms with Crippen molar-refractivity contribution >= 4 is 27.7 Å². The Balaban J connectivity index is 2.02. The van der Waals surface area contributed by atoms with Gasteiger partial charge in [0.2, 0.25) is 0 Å². The summed E-state index contributed by atoms with van der Waals surface area (Å²) in [6.07, 6.45) is 2.17. The van der Waals surface area contributed by atoms with Crippen LogP contribution in [0.15, 0.2) is 18.2 Å². The van der Waals surface area contributed by atoms with Crippen LogP contribution in [0.4, 0.5) is 0 Å². The fourth-order valence-electron chi connectivity index (χ4n) is 2.12. The number of hydrogen-bond acceptors (Lipinski definition) is 4. The van der Waals surface area contributed by atoms with Crippen molar-refractivity contribution < 1.29 is 9.90 Å². The first-order valence-electron chi connectivity index (χ1n) is 5.14. The second-order valence-electron chi connectivity index (χ2n) is 4.31. The summed E-state index contributed by atoms with van der Waals surface area (Å²) in [6.45, 7) is 0. The Morgan fingerprint density at radius 2 is 2.31 bits per heavy atom. The number of benzene rings is 1. The number of rotatable bonds is 3. The first kappa shape index (κ1) is 9.72. The number of aliphatic carboxylic acids is 1. The highest BCUT2D eigenvalue weighted by atomic mass is 32.1. The largest absolute Gasteiger partial charge is 0.481 e. The Morgan fingerprint density at radius 3 is 3.00 bits per heavy atom. The highest BCUT2D eigenvalue weighted by molar-refractivity contribution is 7.12. The van der Waals surface area contributed by atoms with E-state index in [-0.39, 0.29) is 11.8 Å². The summed E-state index contributed by atoms with van der Waals surface area (Å²) in [5.74, 6) is -0.722. The molecule has 82 valence electrons. The summed E-state index contributed by atoms with van der Waals surface area (Å²) in [5, 5.41) is 12.9. The number of carboxylic acids is 1. The molecule has 0 atom stereocenters. The highest BCUT2D eigenvalue weighted by Gasteiger charge is 2.46. The minimum atomic E-state index is -0.722. The smallest absolute Gasteiger partial charge is 0.304 e. The Morgan fingerprint density at radius 1 is 1.50 bits per heavy atom. The van der Waals surface area contributed by atoms with Gasteiger partial charge in [0.25, 0.3) is 0 Å². The zero-order valence-corrected chi connectivity index (χ0v) is 9.33. The maximum atomic E-state index is 10.8. The van der Waals surface area contributed by atoms with Crippen molar-refractivity contribution in [2.45, 2.75) is 24.7 Å². The van der Waals surface area contributed by atoms with Crippen LogP contribution in [-0.4, -0.2) is 20.7 Å². The molecule has 5 heteroatoms. The second-order valence-corrected chi connectivity index (χ2v) is 5.09. The van der Waals surface area contributed by atoms with Crippen molar-refractivity contribution in [3.63, 3.8) is 0 Å². The Bertz CT molecular complexity index is 560. The van der Waals surface area contributed by atoms with Crippen LogP contribution in [0, 0.1) is 0 Å². The molecule has 2 aromatic rings. The monoisotopic (exact) mass is 234 g/mol. The fraction of sp³-hybridized carbons (Fsp3) is 0.364. The molecule has 0 aliphatic heterocycles. The molecule has 1 aromatic heterocycles. The maximum Gasteiger partial charge on any atom is 0.304 e. The third kappa shape index (κ3) is 1.48. The van der Waals surface area contributed by atoms with Crippen LogP contribution in [0.1, 0.15) is 24.8 Å². The number of hydrogen-bond donors (Lipinski definition) is 1. The van der Waals surface area contributed by atoms with E-state index in [1.54, 1.807) is 0 Å². The van der Waals surface area contributed by atoms with Gasteiger partial charge in [-0.1, -0.05) is 10.6 Å². The molecule has 0 unspecified atom stereocenters. The van der Waals surface area contributed by atoms with Gasteiger partial charge in [0.15, 0.2) is 0 Å². The SMILES string of the molecule is O=C(O)CC1(c2ccc3nnsc3c2)CC1. The zero-order valence-electron chi connectivity index (χ0n) is 8.51. The third-order valence-corrected chi connectivity index (χ3v) is 3.89. The minimum absolute atomic E-state index is 0.121. The molecule has 0 amide bonds. The summed E-state index contributed by atoms with van der Waals surface area (Å²) in [4.78, 5) is 10.8. The summed E-state index contributed by atoms with van der Waals surface area (Å²) in [6, 6.07) is 5.95. The lowest BCUT2D eigenvalue weighted by Gasteiger charge is -2.12. The van der Waals surface area contributed by atoms with Crippen molar-refractivity contribution in [2.24, 2.45) is 0 Å². The molecule has 1 fully saturated rings. The molecule has 0 saturated heterocycles. The summed E-state index contributed by atoms with van der Waals surface area (Å²) < 4.78 is 4.92. The first-order valence-corrected chi connectivity index (χ1v) is 5.91. The number of carbonyl (C=O) groups is 1. The molecule has 1 aliphatic rings. The molecular weight excluding hydrogens is 224 g/mol. The van der Waals surface area contributed by atoms with E-state index in [2.05, 4.69) is 9.59 Å². The quantitative estimate of drug-likeness (QED) is 0.884. The Kier molecular flexibility index (Phi) is 1.97. The standard InChI is InChI=1S/C11H10N2O2S/c14-10(15)6-11(3-4-11)7-1-2-8-9(5-7)16-13-12-8/h1-2,5H,3-4,6H2,(H,14,15). The maximum absolute atomic E-state index is 10.8. The van der Waals surface area contributed by atoms with E-state index in [9.17, 15) is 4.79 Å². The van der Waals surface area contributed by atoms with Crippen LogP contribution in [0.2, 0.25) is 0 Å². The van der Waals surface area contributed by atoms with Crippen LogP contribution in [-0.2, 0) is 10.2 Å². The summed E-state index contributed by atoms with van der Waals surface area (Å²) >= 11 is 1.36. The van der Waals surface area contributed by atoms with Crippen molar-refractivity contribution in [3.8, 4) is 0 Å². The van der Waals surface area contributed by atoms with Gasteiger partial charge in [-0.2, -0.15) is 0 Å². The van der Waals surface area contributed by atoms with E-state index in [1.165, 1.54) is 11.5 Å². The van der Waals surface area contributed by atoms with E-state index >= 15 is 0 Å². The molecule has 3 rings (SSSR count). The predicted octanol–water partition coefficient (Wildman–Crippen LogP) is 2.20. The average Bonchev–Trinajstić information content (AvgIpc) is 2.87. The summed E-state index contributed by atoms with van der Waals surface area (Å²) in [5.41, 5.74) is 1.89. The predicted molar refractivity (Wildman–Crippen MR) is 60.6 cm³/mol. The molecule has 1 heterocycles. The lowest BCUT2D eigenvalue weighted by molar-refractivity contribution is -0.137. The molecule has 1 aliphatic carbocycles. The van der Waals surface area contributed by atoms with Crippen molar-refractivity contribution in [1.29, 1.82) is 0 Å². The normalized spacial score (nSPS) is 17.5. The molecule has 0 radical (unpaired) electrons. The van der Waals surface area contributed by atoms with Gasteiger partial charge in [-0.3, -0.25) is 4.79 Å². The number of aromatic nitrogens is 2. The topological polar surface area (TPSA) is 63.1 Å². The first-order chi connectivity index (χ1) is 7.70. The minimum Gasteiger partial charge on any atom is -0.481 e. The van der Waals surface area contributed by atoms with Crippen LogP contribution in [0.25, 0.3) is 10.2 Å². The van der Waals surface area contributed by atoms with Gasteiger partial charge >= 0.3 is 5.97 Å². The molecule has 1 N–H and O–H groups in total. The number of carboxylic acid groups (broad SMARTS) is 1. The van der Waals surface area contributed by atoms with Gasteiger partial charge in [0.1, 0.15) is 5.52 Å². The van der Waals surface area contributed by atoms with Gasteiger partial charge in [0, 0.05) is 5.41 Å². The van der Waals surface area contributed by atoms with Crippen LogP contribution in [0.3, 0.4) is 0 Å². The van der Waals surface area contributed by atoms with E-state index in [0.29, 0.717) is 0 Å². The van der Waals surface area contributed by atoms with Gasteiger partial charge in [-0.25, -0.2) is 0 Å². The van der Waals surface area contributed by atoms with Crippen molar-refractivity contribution in [2.75, 3.05) is 0 Å². The molecule has 4 nitrogen and oxygen atoms in total. The van der Waals surface area contributed by atoms with Gasteiger partial charge in [-0.15, -0.1) is 5.10 Å². The zero-order chi connectivity index (χ0) is 11.2. The lowest BCUT2D eigenvalue weighted by Crippen LogP contribution is -2.12. The molecule has 1 aromatic carbocycles. The molecule has 0 spiro atoms. The third-order valence-electron chi connectivity index (χ3n) is 3.20. The van der Waals surface area contributed by atoms with Crippen LogP contribution in [0.5, 0.6) is 0 Å². The number of fused-ring (bicyclic) bond motifs is 1.